The molecular weight excluding hydrogens is 310 g/mol. The highest BCUT2D eigenvalue weighted by molar-refractivity contribution is 7.91. The summed E-state index contributed by atoms with van der Waals surface area (Å²) in [6.45, 7) is 6.99. The molecule has 1 aliphatic rings. The van der Waals surface area contributed by atoms with Crippen LogP contribution in [0.5, 0.6) is 0 Å². The Kier molecular flexibility index (Phi) is 4.75. The first-order chi connectivity index (χ1) is 9.73. The Morgan fingerprint density at radius 2 is 1.95 bits per heavy atom. The number of nitrogens with zero attached hydrogens (tertiary/aromatic N) is 1. The first-order valence-electron chi connectivity index (χ1n) is 7.07. The summed E-state index contributed by atoms with van der Waals surface area (Å²) in [7, 11) is -3.56. The number of hydrogen-bond donors (Lipinski definition) is 1. The molecule has 0 unspecified atom stereocenters. The van der Waals surface area contributed by atoms with Gasteiger partial charge in [0.2, 0.25) is 0 Å². The molecule has 1 aromatic rings. The summed E-state index contributed by atoms with van der Waals surface area (Å²) in [4.78, 5) is 11.2. The second-order valence-corrected chi connectivity index (χ2v) is 9.09. The number of carboxylic acid groups (broad SMARTS) is 1. The molecule has 0 aromatic carbocycles. The van der Waals surface area contributed by atoms with Gasteiger partial charge in [0.15, 0.2) is 0 Å². The summed E-state index contributed by atoms with van der Waals surface area (Å²) in [6, 6.07) is 1.47. The topological polar surface area (TPSA) is 74.7 Å². The van der Waals surface area contributed by atoms with Crippen LogP contribution < -0.4 is 0 Å². The highest BCUT2D eigenvalue weighted by Crippen LogP contribution is 2.32. The average molecular weight is 331 g/mol. The predicted octanol–water partition coefficient (Wildman–Crippen LogP) is 2.81. The van der Waals surface area contributed by atoms with Crippen LogP contribution in [-0.2, 0) is 10.0 Å². The number of sulfonamides is 1. The van der Waals surface area contributed by atoms with Crippen LogP contribution in [0.2, 0.25) is 0 Å². The molecule has 1 aromatic heterocycles. The van der Waals surface area contributed by atoms with Crippen LogP contribution in [0.15, 0.2) is 10.3 Å². The van der Waals surface area contributed by atoms with Crippen molar-refractivity contribution in [2.45, 2.75) is 37.8 Å². The van der Waals surface area contributed by atoms with Crippen LogP contribution in [0.1, 0.15) is 41.9 Å². The maximum Gasteiger partial charge on any atom is 0.346 e. The molecule has 0 spiro atoms. The Balaban J connectivity index is 2.20. The molecule has 5 nitrogen and oxygen atoms in total. The third-order valence-corrected chi connectivity index (χ3v) is 7.70. The van der Waals surface area contributed by atoms with E-state index < -0.39 is 16.0 Å². The SMILES string of the molecule is Cc1cc(S(=O)(=O)N2CCC(C(C)C)CC2)sc1C(=O)O. The third kappa shape index (κ3) is 3.30. The largest absolute Gasteiger partial charge is 0.477 e. The summed E-state index contributed by atoms with van der Waals surface area (Å²) in [5.41, 5.74) is 0.503. The molecule has 0 bridgehead atoms. The van der Waals surface area contributed by atoms with Gasteiger partial charge in [-0.3, -0.25) is 0 Å². The molecule has 0 atom stereocenters. The summed E-state index contributed by atoms with van der Waals surface area (Å²) in [5.74, 6) is 0.0611. The van der Waals surface area contributed by atoms with E-state index in [0.717, 1.165) is 24.2 Å². The Bertz CT molecular complexity index is 625. The minimum absolute atomic E-state index is 0.102. The van der Waals surface area contributed by atoms with Gasteiger partial charge in [-0.1, -0.05) is 13.8 Å². The summed E-state index contributed by atoms with van der Waals surface area (Å²) in [5, 5.41) is 9.05. The van der Waals surface area contributed by atoms with E-state index in [1.54, 1.807) is 6.92 Å². The van der Waals surface area contributed by atoms with Crippen LogP contribution in [0.3, 0.4) is 0 Å². The maximum atomic E-state index is 12.6. The zero-order chi connectivity index (χ0) is 15.8. The van der Waals surface area contributed by atoms with Crippen molar-refractivity contribution in [2.75, 3.05) is 13.1 Å². The summed E-state index contributed by atoms with van der Waals surface area (Å²) >= 11 is 0.846. The van der Waals surface area contributed by atoms with Gasteiger partial charge in [-0.15, -0.1) is 11.3 Å². The summed E-state index contributed by atoms with van der Waals surface area (Å²) in [6.07, 6.45) is 1.74. The van der Waals surface area contributed by atoms with Crippen LogP contribution in [0.4, 0.5) is 0 Å². The fraction of sp³-hybridized carbons (Fsp3) is 0.643. The second-order valence-electron chi connectivity index (χ2n) is 5.87. The Morgan fingerprint density at radius 3 is 2.38 bits per heavy atom. The maximum absolute atomic E-state index is 12.6. The second kappa shape index (κ2) is 6.06. The number of hydrogen-bond acceptors (Lipinski definition) is 4. The van der Waals surface area contributed by atoms with Crippen molar-refractivity contribution in [3.8, 4) is 0 Å². The van der Waals surface area contributed by atoms with Crippen molar-refractivity contribution >= 4 is 27.3 Å². The molecule has 0 amide bonds. The van der Waals surface area contributed by atoms with Crippen LogP contribution in [-0.4, -0.2) is 36.9 Å². The highest BCUT2D eigenvalue weighted by atomic mass is 32.2. The zero-order valence-corrected chi connectivity index (χ0v) is 14.1. The lowest BCUT2D eigenvalue weighted by molar-refractivity contribution is 0.0701. The smallest absolute Gasteiger partial charge is 0.346 e. The fourth-order valence-electron chi connectivity index (χ4n) is 2.70. The Labute approximate surface area is 129 Å². The van der Waals surface area contributed by atoms with Crippen LogP contribution in [0, 0.1) is 18.8 Å². The van der Waals surface area contributed by atoms with E-state index in [-0.39, 0.29) is 9.09 Å². The molecule has 1 aliphatic heterocycles. The molecule has 7 heteroatoms. The van der Waals surface area contributed by atoms with Gasteiger partial charge in [-0.2, -0.15) is 4.31 Å². The number of aryl methyl sites for hydroxylation is 1. The minimum atomic E-state index is -3.56. The van der Waals surface area contributed by atoms with Crippen molar-refractivity contribution in [3.63, 3.8) is 0 Å². The molecule has 1 fully saturated rings. The normalized spacial score (nSPS) is 18.3. The monoisotopic (exact) mass is 331 g/mol. The van der Waals surface area contributed by atoms with Crippen molar-refractivity contribution in [1.82, 2.24) is 4.31 Å². The highest BCUT2D eigenvalue weighted by Gasteiger charge is 2.32. The van der Waals surface area contributed by atoms with E-state index in [2.05, 4.69) is 13.8 Å². The lowest BCUT2D eigenvalue weighted by Gasteiger charge is -2.32. The number of carboxylic acids is 1. The number of carbonyl (C=O) groups is 1. The van der Waals surface area contributed by atoms with E-state index >= 15 is 0 Å². The first-order valence-corrected chi connectivity index (χ1v) is 9.33. The molecule has 2 heterocycles. The quantitative estimate of drug-likeness (QED) is 0.920. The molecule has 21 heavy (non-hydrogen) atoms. The average Bonchev–Trinajstić information content (AvgIpc) is 2.82. The van der Waals surface area contributed by atoms with E-state index in [9.17, 15) is 13.2 Å². The molecule has 0 aliphatic carbocycles. The van der Waals surface area contributed by atoms with Gasteiger partial charge in [0, 0.05) is 13.1 Å². The minimum Gasteiger partial charge on any atom is -0.477 e. The number of aromatic carboxylic acids is 1. The van der Waals surface area contributed by atoms with E-state index in [4.69, 9.17) is 5.11 Å². The number of piperidine rings is 1. The zero-order valence-electron chi connectivity index (χ0n) is 12.5. The van der Waals surface area contributed by atoms with Crippen LogP contribution in [0.25, 0.3) is 0 Å². The van der Waals surface area contributed by atoms with Crippen molar-refractivity contribution < 1.29 is 18.3 Å². The van der Waals surface area contributed by atoms with Crippen molar-refractivity contribution in [3.05, 3.63) is 16.5 Å². The van der Waals surface area contributed by atoms with Crippen LogP contribution >= 0.6 is 11.3 Å². The van der Waals surface area contributed by atoms with Gasteiger partial charge in [0.25, 0.3) is 10.0 Å². The van der Waals surface area contributed by atoms with Gasteiger partial charge < -0.3 is 5.11 Å². The van der Waals surface area contributed by atoms with Gasteiger partial charge in [0.1, 0.15) is 9.09 Å². The third-order valence-electron chi connectivity index (χ3n) is 4.12. The first kappa shape index (κ1) is 16.5. The molecule has 0 radical (unpaired) electrons. The molecular formula is C14H21NO4S2. The van der Waals surface area contributed by atoms with E-state index in [0.29, 0.717) is 30.5 Å². The van der Waals surface area contributed by atoms with E-state index in [1.165, 1.54) is 10.4 Å². The van der Waals surface area contributed by atoms with Gasteiger partial charge in [0.05, 0.1) is 0 Å². The van der Waals surface area contributed by atoms with E-state index in [1.807, 2.05) is 0 Å². The van der Waals surface area contributed by atoms with Gasteiger partial charge >= 0.3 is 5.97 Å². The van der Waals surface area contributed by atoms with Gasteiger partial charge in [-0.25, -0.2) is 13.2 Å². The standard InChI is InChI=1S/C14H21NO4S2/c1-9(2)11-4-6-15(7-5-11)21(18,19)12-8-10(3)13(20-12)14(16)17/h8-9,11H,4-7H2,1-3H3,(H,16,17). The lowest BCUT2D eigenvalue weighted by Crippen LogP contribution is -2.39. The molecule has 2 rings (SSSR count). The van der Waals surface area contributed by atoms with Gasteiger partial charge in [-0.05, 0) is 43.2 Å². The van der Waals surface area contributed by atoms with Crippen molar-refractivity contribution in [1.29, 1.82) is 0 Å². The molecule has 0 saturated carbocycles. The molecule has 118 valence electrons. The molecule has 1 N–H and O–H groups in total. The van der Waals surface area contributed by atoms with Crippen molar-refractivity contribution in [2.24, 2.45) is 11.8 Å². The number of rotatable bonds is 4. The molecule has 1 saturated heterocycles. The summed E-state index contributed by atoms with van der Waals surface area (Å²) < 4.78 is 26.8. The fourth-order valence-corrected chi connectivity index (χ4v) is 5.71. The number of thiophene rings is 1. The Hall–Kier alpha value is -0.920. The predicted molar refractivity (Wildman–Crippen MR) is 82.3 cm³/mol. The lowest BCUT2D eigenvalue weighted by atomic mass is 9.87. The Morgan fingerprint density at radius 1 is 1.38 bits per heavy atom.